The summed E-state index contributed by atoms with van der Waals surface area (Å²) >= 11 is 5.83. The van der Waals surface area contributed by atoms with Crippen LogP contribution < -0.4 is 0 Å². The fraction of sp³-hybridized carbons (Fsp3) is 0.250. The Bertz CT molecular complexity index is 678. The fourth-order valence-electron chi connectivity index (χ4n) is 2.43. The van der Waals surface area contributed by atoms with Crippen molar-refractivity contribution in [2.45, 2.75) is 6.10 Å². The van der Waals surface area contributed by atoms with Crippen LogP contribution in [0.4, 0.5) is 4.39 Å². The molecule has 1 aliphatic heterocycles. The minimum absolute atomic E-state index is 0.111. The van der Waals surface area contributed by atoms with Crippen molar-refractivity contribution < 1.29 is 13.9 Å². The standard InChI is InChI=1S/C16H14ClFN2O2/c17-15-9-12(5-6-19-15)16(21)20-7-8-22-14(10-20)11-1-3-13(18)4-2-11/h1-6,9,14H,7-8,10H2. The van der Waals surface area contributed by atoms with E-state index in [2.05, 4.69) is 4.98 Å². The van der Waals surface area contributed by atoms with Gasteiger partial charge in [0.1, 0.15) is 17.1 Å². The van der Waals surface area contributed by atoms with Crippen LogP contribution in [-0.2, 0) is 4.74 Å². The molecule has 1 aromatic heterocycles. The van der Waals surface area contributed by atoms with E-state index in [9.17, 15) is 9.18 Å². The third-order valence-corrected chi connectivity index (χ3v) is 3.78. The van der Waals surface area contributed by atoms with Gasteiger partial charge in [-0.25, -0.2) is 9.37 Å². The maximum absolute atomic E-state index is 13.0. The summed E-state index contributed by atoms with van der Waals surface area (Å²) in [6.45, 7) is 1.37. The van der Waals surface area contributed by atoms with E-state index >= 15 is 0 Å². The highest BCUT2D eigenvalue weighted by Crippen LogP contribution is 2.23. The largest absolute Gasteiger partial charge is 0.370 e. The van der Waals surface area contributed by atoms with Crippen molar-refractivity contribution in [3.8, 4) is 0 Å². The van der Waals surface area contributed by atoms with E-state index in [-0.39, 0.29) is 23.0 Å². The molecule has 1 aromatic carbocycles. The molecular formula is C16H14ClFN2O2. The lowest BCUT2D eigenvalue weighted by atomic mass is 10.1. The average molecular weight is 321 g/mol. The lowest BCUT2D eigenvalue weighted by Crippen LogP contribution is -2.42. The van der Waals surface area contributed by atoms with Gasteiger partial charge in [0.25, 0.3) is 5.91 Å². The maximum Gasteiger partial charge on any atom is 0.254 e. The first-order valence-electron chi connectivity index (χ1n) is 6.91. The van der Waals surface area contributed by atoms with Gasteiger partial charge in [0.2, 0.25) is 0 Å². The number of nitrogens with zero attached hydrogens (tertiary/aromatic N) is 2. The van der Waals surface area contributed by atoms with Crippen LogP contribution in [0.3, 0.4) is 0 Å². The molecule has 0 saturated carbocycles. The fourth-order valence-corrected chi connectivity index (χ4v) is 2.60. The topological polar surface area (TPSA) is 42.4 Å². The first-order chi connectivity index (χ1) is 10.6. The number of ether oxygens (including phenoxy) is 1. The molecule has 22 heavy (non-hydrogen) atoms. The average Bonchev–Trinajstić information content (AvgIpc) is 2.55. The summed E-state index contributed by atoms with van der Waals surface area (Å²) in [5.74, 6) is -0.404. The van der Waals surface area contributed by atoms with E-state index in [1.165, 1.54) is 18.3 Å². The zero-order valence-corrected chi connectivity index (χ0v) is 12.5. The Morgan fingerprint density at radius 1 is 1.32 bits per heavy atom. The second kappa shape index (κ2) is 6.42. The molecule has 114 valence electrons. The molecule has 3 rings (SSSR count). The molecule has 0 bridgehead atoms. The van der Waals surface area contributed by atoms with Gasteiger partial charge >= 0.3 is 0 Å². The number of hydrogen-bond acceptors (Lipinski definition) is 3. The third kappa shape index (κ3) is 3.26. The Morgan fingerprint density at radius 2 is 2.09 bits per heavy atom. The minimum atomic E-state index is -0.293. The van der Waals surface area contributed by atoms with Crippen molar-refractivity contribution in [2.24, 2.45) is 0 Å². The summed E-state index contributed by atoms with van der Waals surface area (Å²) in [6.07, 6.45) is 1.25. The van der Waals surface area contributed by atoms with Gasteiger partial charge in [0.15, 0.2) is 0 Å². The summed E-state index contributed by atoms with van der Waals surface area (Å²) in [4.78, 5) is 18.1. The number of amides is 1. The Hall–Kier alpha value is -1.98. The van der Waals surface area contributed by atoms with Crippen molar-refractivity contribution in [1.29, 1.82) is 0 Å². The zero-order valence-electron chi connectivity index (χ0n) is 11.7. The van der Waals surface area contributed by atoms with Crippen LogP contribution in [0.25, 0.3) is 0 Å². The molecule has 2 heterocycles. The summed E-state index contributed by atoms with van der Waals surface area (Å²) < 4.78 is 18.7. The third-order valence-electron chi connectivity index (χ3n) is 3.57. The Balaban J connectivity index is 1.75. The molecule has 1 saturated heterocycles. The predicted octanol–water partition coefficient (Wildman–Crippen LogP) is 3.09. The van der Waals surface area contributed by atoms with E-state index in [4.69, 9.17) is 16.3 Å². The smallest absolute Gasteiger partial charge is 0.254 e. The number of pyridine rings is 1. The number of carbonyl (C=O) groups excluding carboxylic acids is 1. The molecule has 1 fully saturated rings. The lowest BCUT2D eigenvalue weighted by Gasteiger charge is -2.33. The van der Waals surface area contributed by atoms with Crippen molar-refractivity contribution in [3.63, 3.8) is 0 Å². The zero-order chi connectivity index (χ0) is 15.5. The Kier molecular flexibility index (Phi) is 4.36. The number of carbonyl (C=O) groups is 1. The summed E-state index contributed by atoms with van der Waals surface area (Å²) in [5.41, 5.74) is 1.35. The molecule has 1 unspecified atom stereocenters. The van der Waals surface area contributed by atoms with Crippen LogP contribution in [0.5, 0.6) is 0 Å². The van der Waals surface area contributed by atoms with E-state index in [0.717, 1.165) is 5.56 Å². The van der Waals surface area contributed by atoms with Crippen LogP contribution in [0.2, 0.25) is 5.15 Å². The van der Waals surface area contributed by atoms with Crippen molar-refractivity contribution in [2.75, 3.05) is 19.7 Å². The van der Waals surface area contributed by atoms with Gasteiger partial charge in [-0.2, -0.15) is 0 Å². The van der Waals surface area contributed by atoms with Crippen LogP contribution in [0, 0.1) is 5.82 Å². The van der Waals surface area contributed by atoms with Gasteiger partial charge < -0.3 is 9.64 Å². The molecule has 1 aliphatic rings. The monoisotopic (exact) mass is 320 g/mol. The van der Waals surface area contributed by atoms with Gasteiger partial charge in [-0.15, -0.1) is 0 Å². The molecule has 6 heteroatoms. The van der Waals surface area contributed by atoms with Gasteiger partial charge in [-0.1, -0.05) is 23.7 Å². The normalized spacial score (nSPS) is 18.3. The van der Waals surface area contributed by atoms with Crippen LogP contribution >= 0.6 is 11.6 Å². The van der Waals surface area contributed by atoms with E-state index < -0.39 is 0 Å². The van der Waals surface area contributed by atoms with Gasteiger partial charge in [0, 0.05) is 18.3 Å². The highest BCUT2D eigenvalue weighted by Gasteiger charge is 2.26. The first kappa shape index (κ1) is 14.9. The highest BCUT2D eigenvalue weighted by molar-refractivity contribution is 6.29. The molecule has 0 aliphatic carbocycles. The van der Waals surface area contributed by atoms with Crippen molar-refractivity contribution in [3.05, 3.63) is 64.7 Å². The lowest BCUT2D eigenvalue weighted by molar-refractivity contribution is -0.0228. The molecule has 2 aromatic rings. The summed E-state index contributed by atoms with van der Waals surface area (Å²) in [6, 6.07) is 9.32. The predicted molar refractivity (Wildman–Crippen MR) is 80.2 cm³/mol. The second-order valence-electron chi connectivity index (χ2n) is 5.03. The molecule has 1 amide bonds. The molecule has 0 spiro atoms. The minimum Gasteiger partial charge on any atom is -0.370 e. The van der Waals surface area contributed by atoms with Crippen molar-refractivity contribution in [1.82, 2.24) is 9.88 Å². The molecular weight excluding hydrogens is 307 g/mol. The summed E-state index contributed by atoms with van der Waals surface area (Å²) in [7, 11) is 0. The molecule has 1 atom stereocenters. The molecule has 0 N–H and O–H groups in total. The van der Waals surface area contributed by atoms with Crippen molar-refractivity contribution >= 4 is 17.5 Å². The number of benzene rings is 1. The maximum atomic E-state index is 13.0. The number of halogens is 2. The quantitative estimate of drug-likeness (QED) is 0.799. The SMILES string of the molecule is O=C(c1ccnc(Cl)c1)N1CCOC(c2ccc(F)cc2)C1. The number of aromatic nitrogens is 1. The Labute approximate surface area is 132 Å². The molecule has 0 radical (unpaired) electrons. The number of morpholine rings is 1. The van der Waals surface area contributed by atoms with Crippen LogP contribution in [0.15, 0.2) is 42.6 Å². The van der Waals surface area contributed by atoms with E-state index in [1.54, 1.807) is 29.2 Å². The van der Waals surface area contributed by atoms with Crippen LogP contribution in [-0.4, -0.2) is 35.5 Å². The van der Waals surface area contributed by atoms with Crippen LogP contribution in [0.1, 0.15) is 22.0 Å². The first-order valence-corrected chi connectivity index (χ1v) is 7.29. The van der Waals surface area contributed by atoms with Gasteiger partial charge in [-0.05, 0) is 29.8 Å². The number of rotatable bonds is 2. The van der Waals surface area contributed by atoms with E-state index in [1.807, 2.05) is 0 Å². The summed E-state index contributed by atoms with van der Waals surface area (Å²) in [5, 5.41) is 0.286. The molecule has 4 nitrogen and oxygen atoms in total. The Morgan fingerprint density at radius 3 is 2.82 bits per heavy atom. The van der Waals surface area contributed by atoms with Gasteiger partial charge in [0.05, 0.1) is 13.2 Å². The van der Waals surface area contributed by atoms with E-state index in [0.29, 0.717) is 25.3 Å². The highest BCUT2D eigenvalue weighted by atomic mass is 35.5. The number of hydrogen-bond donors (Lipinski definition) is 0. The van der Waals surface area contributed by atoms with Gasteiger partial charge in [-0.3, -0.25) is 4.79 Å². The second-order valence-corrected chi connectivity index (χ2v) is 5.42.